The molecule has 1 aromatic heterocycles. The van der Waals surface area contributed by atoms with E-state index >= 15 is 0 Å². The number of carboxylic acids is 1. The van der Waals surface area contributed by atoms with Crippen molar-refractivity contribution in [3.05, 3.63) is 65.5 Å². The molecule has 0 radical (unpaired) electrons. The van der Waals surface area contributed by atoms with E-state index in [1.54, 1.807) is 24.3 Å². The molecule has 0 aliphatic heterocycles. The zero-order valence-corrected chi connectivity index (χ0v) is 12.7. The van der Waals surface area contributed by atoms with Gasteiger partial charge >= 0.3 is 5.97 Å². The average Bonchev–Trinajstić information content (AvgIpc) is 3.00. The number of anilines is 1. The molecule has 0 saturated carbocycles. The first-order valence-electron chi connectivity index (χ1n) is 7.28. The minimum atomic E-state index is -0.990. The van der Waals surface area contributed by atoms with Gasteiger partial charge in [0, 0.05) is 11.8 Å². The average molecular weight is 318 g/mol. The fourth-order valence-corrected chi connectivity index (χ4v) is 2.36. The van der Waals surface area contributed by atoms with Crippen LogP contribution < -0.4 is 5.32 Å². The summed E-state index contributed by atoms with van der Waals surface area (Å²) in [5.74, 6) is -0.257. The highest BCUT2D eigenvalue weighted by atomic mass is 16.4. The quantitative estimate of drug-likeness (QED) is 0.627. The van der Waals surface area contributed by atoms with Crippen molar-refractivity contribution in [2.24, 2.45) is 0 Å². The number of rotatable bonds is 5. The summed E-state index contributed by atoms with van der Waals surface area (Å²) in [4.78, 5) is 18.3. The highest BCUT2D eigenvalue weighted by Gasteiger charge is 2.05. The predicted octanol–water partition coefficient (Wildman–Crippen LogP) is 3.14. The van der Waals surface area contributed by atoms with E-state index in [-0.39, 0.29) is 0 Å². The van der Waals surface area contributed by atoms with Crippen molar-refractivity contribution in [1.82, 2.24) is 9.97 Å². The van der Waals surface area contributed by atoms with Gasteiger partial charge in [0.15, 0.2) is 0 Å². The standard InChI is InChI=1S/C18H14N4O2/c19-10-12-5-7-15-16(9-12)22-17(21-15)11-20-14-4-2-1-3-13(14)6-8-18(23)24/h1-9,20H,11H2,(H,21,22)(H,23,24)/b8-6+. The van der Waals surface area contributed by atoms with Gasteiger partial charge < -0.3 is 15.4 Å². The van der Waals surface area contributed by atoms with Crippen LogP contribution >= 0.6 is 0 Å². The number of H-pyrrole nitrogens is 1. The van der Waals surface area contributed by atoms with E-state index < -0.39 is 5.97 Å². The fraction of sp³-hybridized carbons (Fsp3) is 0.0556. The Morgan fingerprint density at radius 3 is 2.96 bits per heavy atom. The van der Waals surface area contributed by atoms with Gasteiger partial charge in [0.2, 0.25) is 0 Å². The van der Waals surface area contributed by atoms with Crippen molar-refractivity contribution in [3.8, 4) is 6.07 Å². The molecule has 118 valence electrons. The number of aromatic amines is 1. The molecule has 0 spiro atoms. The van der Waals surface area contributed by atoms with Crippen LogP contribution in [0.5, 0.6) is 0 Å². The van der Waals surface area contributed by atoms with E-state index in [0.717, 1.165) is 34.2 Å². The lowest BCUT2D eigenvalue weighted by Gasteiger charge is -2.07. The summed E-state index contributed by atoms with van der Waals surface area (Å²) in [5.41, 5.74) is 3.78. The third kappa shape index (κ3) is 3.42. The molecule has 3 rings (SSSR count). The largest absolute Gasteiger partial charge is 0.478 e. The molecule has 6 heteroatoms. The third-order valence-electron chi connectivity index (χ3n) is 3.47. The molecular formula is C18H14N4O2. The third-order valence-corrected chi connectivity index (χ3v) is 3.47. The number of aliphatic carboxylic acids is 1. The Bertz CT molecular complexity index is 967. The maximum absolute atomic E-state index is 10.7. The topological polar surface area (TPSA) is 102 Å². The molecule has 0 unspecified atom stereocenters. The van der Waals surface area contributed by atoms with Crippen LogP contribution in [0.15, 0.2) is 48.5 Å². The summed E-state index contributed by atoms with van der Waals surface area (Å²) >= 11 is 0. The van der Waals surface area contributed by atoms with Crippen molar-refractivity contribution in [1.29, 1.82) is 5.26 Å². The van der Waals surface area contributed by atoms with Gasteiger partial charge in [-0.1, -0.05) is 18.2 Å². The molecule has 0 saturated heterocycles. The van der Waals surface area contributed by atoms with Gasteiger partial charge in [-0.05, 0) is 35.9 Å². The normalized spacial score (nSPS) is 10.8. The number of imidazole rings is 1. The number of para-hydroxylation sites is 1. The molecule has 0 aliphatic carbocycles. The number of nitrogens with one attached hydrogen (secondary N) is 2. The maximum atomic E-state index is 10.7. The van der Waals surface area contributed by atoms with Crippen molar-refractivity contribution < 1.29 is 9.90 Å². The van der Waals surface area contributed by atoms with Crippen LogP contribution in [0.25, 0.3) is 17.1 Å². The lowest BCUT2D eigenvalue weighted by molar-refractivity contribution is -0.131. The smallest absolute Gasteiger partial charge is 0.328 e. The van der Waals surface area contributed by atoms with Crippen LogP contribution in [-0.4, -0.2) is 21.0 Å². The number of benzene rings is 2. The van der Waals surface area contributed by atoms with Crippen molar-refractivity contribution in [2.45, 2.75) is 6.54 Å². The number of hydrogen-bond donors (Lipinski definition) is 3. The van der Waals surface area contributed by atoms with Crippen molar-refractivity contribution in [3.63, 3.8) is 0 Å². The maximum Gasteiger partial charge on any atom is 0.328 e. The summed E-state index contributed by atoms with van der Waals surface area (Å²) in [7, 11) is 0. The SMILES string of the molecule is N#Cc1ccc2nc(CNc3ccccc3/C=C/C(=O)O)[nH]c2c1. The van der Waals surface area contributed by atoms with Gasteiger partial charge in [0.1, 0.15) is 5.82 Å². The van der Waals surface area contributed by atoms with Crippen LogP contribution in [-0.2, 0) is 11.3 Å². The monoisotopic (exact) mass is 318 g/mol. The molecule has 1 heterocycles. The second-order valence-corrected chi connectivity index (χ2v) is 5.14. The first kappa shape index (κ1) is 15.3. The van der Waals surface area contributed by atoms with Crippen LogP contribution in [0.2, 0.25) is 0 Å². The van der Waals surface area contributed by atoms with Gasteiger partial charge in [-0.3, -0.25) is 0 Å². The zero-order chi connectivity index (χ0) is 16.9. The van der Waals surface area contributed by atoms with Gasteiger partial charge in [-0.15, -0.1) is 0 Å². The summed E-state index contributed by atoms with van der Waals surface area (Å²) in [6.45, 7) is 0.453. The van der Waals surface area contributed by atoms with Gasteiger partial charge in [0.05, 0.1) is 29.2 Å². The molecule has 3 N–H and O–H groups in total. The van der Waals surface area contributed by atoms with E-state index in [1.165, 1.54) is 0 Å². The molecule has 24 heavy (non-hydrogen) atoms. The minimum Gasteiger partial charge on any atom is -0.478 e. The number of aromatic nitrogens is 2. The van der Waals surface area contributed by atoms with Crippen molar-refractivity contribution in [2.75, 3.05) is 5.32 Å². The van der Waals surface area contributed by atoms with Crippen LogP contribution in [0, 0.1) is 11.3 Å². The predicted molar refractivity (Wildman–Crippen MR) is 91.2 cm³/mol. The first-order chi connectivity index (χ1) is 11.7. The van der Waals surface area contributed by atoms with Gasteiger partial charge in [-0.25, -0.2) is 9.78 Å². The Hall–Kier alpha value is -3.59. The van der Waals surface area contributed by atoms with E-state index in [1.807, 2.05) is 24.3 Å². The van der Waals surface area contributed by atoms with E-state index in [2.05, 4.69) is 21.4 Å². The molecule has 0 fully saturated rings. The summed E-state index contributed by atoms with van der Waals surface area (Å²) < 4.78 is 0. The fourth-order valence-electron chi connectivity index (χ4n) is 2.36. The Morgan fingerprint density at radius 2 is 2.17 bits per heavy atom. The van der Waals surface area contributed by atoms with Gasteiger partial charge in [-0.2, -0.15) is 5.26 Å². The summed E-state index contributed by atoms with van der Waals surface area (Å²) in [5, 5.41) is 20.9. The molecule has 0 amide bonds. The molecule has 0 bridgehead atoms. The molecule has 0 aliphatic rings. The molecule has 0 atom stereocenters. The zero-order valence-electron chi connectivity index (χ0n) is 12.7. The molecule has 6 nitrogen and oxygen atoms in total. The van der Waals surface area contributed by atoms with E-state index in [4.69, 9.17) is 10.4 Å². The summed E-state index contributed by atoms with van der Waals surface area (Å²) in [6, 6.07) is 14.8. The molecule has 2 aromatic carbocycles. The second kappa shape index (κ2) is 6.67. The Morgan fingerprint density at radius 1 is 1.33 bits per heavy atom. The lowest BCUT2D eigenvalue weighted by Crippen LogP contribution is -2.02. The highest BCUT2D eigenvalue weighted by molar-refractivity contribution is 5.86. The van der Waals surface area contributed by atoms with E-state index in [0.29, 0.717) is 12.1 Å². The van der Waals surface area contributed by atoms with Crippen LogP contribution in [0.4, 0.5) is 5.69 Å². The Balaban J connectivity index is 1.79. The summed E-state index contributed by atoms with van der Waals surface area (Å²) in [6.07, 6.45) is 2.65. The highest BCUT2D eigenvalue weighted by Crippen LogP contribution is 2.18. The van der Waals surface area contributed by atoms with Crippen LogP contribution in [0.1, 0.15) is 17.0 Å². The Labute approximate surface area is 138 Å². The van der Waals surface area contributed by atoms with Crippen LogP contribution in [0.3, 0.4) is 0 Å². The van der Waals surface area contributed by atoms with Crippen molar-refractivity contribution >= 4 is 28.8 Å². The minimum absolute atomic E-state index is 0.453. The molecular weight excluding hydrogens is 304 g/mol. The number of carboxylic acid groups (broad SMARTS) is 1. The molecule has 3 aromatic rings. The number of carbonyl (C=O) groups is 1. The number of hydrogen-bond acceptors (Lipinski definition) is 4. The van der Waals surface area contributed by atoms with Gasteiger partial charge in [0.25, 0.3) is 0 Å². The lowest BCUT2D eigenvalue weighted by atomic mass is 10.1. The number of nitrogens with zero attached hydrogens (tertiary/aromatic N) is 2. The number of fused-ring (bicyclic) bond motifs is 1. The second-order valence-electron chi connectivity index (χ2n) is 5.14. The van der Waals surface area contributed by atoms with E-state index in [9.17, 15) is 4.79 Å². The Kier molecular flexibility index (Phi) is 4.25. The first-order valence-corrected chi connectivity index (χ1v) is 7.28. The number of nitriles is 1.